The van der Waals surface area contributed by atoms with Gasteiger partial charge >= 0.3 is 0 Å². The van der Waals surface area contributed by atoms with Gasteiger partial charge in [-0.25, -0.2) is 8.78 Å². The van der Waals surface area contributed by atoms with Gasteiger partial charge in [0.05, 0.1) is 12.8 Å². The molecule has 2 nitrogen and oxygen atoms in total. The van der Waals surface area contributed by atoms with Crippen molar-refractivity contribution in [1.82, 2.24) is 0 Å². The molecule has 1 aliphatic heterocycles. The number of para-hydroxylation sites is 1. The van der Waals surface area contributed by atoms with Crippen LogP contribution in [0.25, 0.3) is 0 Å². The lowest BCUT2D eigenvalue weighted by atomic mass is 9.99. The van der Waals surface area contributed by atoms with Gasteiger partial charge in [0.1, 0.15) is 5.75 Å². The molecule has 0 atom stereocenters. The van der Waals surface area contributed by atoms with Crippen LogP contribution in [0, 0.1) is 0 Å². The molecular weight excluding hydrogens is 188 g/mol. The van der Waals surface area contributed by atoms with Crippen molar-refractivity contribution in [3.05, 3.63) is 23.8 Å². The Labute approximate surface area is 80.9 Å². The number of hydrogen-bond acceptors (Lipinski definition) is 2. The average molecular weight is 199 g/mol. The van der Waals surface area contributed by atoms with Gasteiger partial charge in [-0.15, -0.1) is 0 Å². The van der Waals surface area contributed by atoms with Crippen molar-refractivity contribution in [2.24, 2.45) is 0 Å². The van der Waals surface area contributed by atoms with E-state index in [4.69, 9.17) is 4.74 Å². The van der Waals surface area contributed by atoms with Crippen LogP contribution in [-0.2, 0) is 5.92 Å². The Morgan fingerprint density at radius 1 is 1.43 bits per heavy atom. The molecular formula is C10H11F2NO. The van der Waals surface area contributed by atoms with Crippen molar-refractivity contribution < 1.29 is 13.5 Å². The van der Waals surface area contributed by atoms with Crippen molar-refractivity contribution in [3.8, 4) is 5.75 Å². The molecule has 0 radical (unpaired) electrons. The van der Waals surface area contributed by atoms with Crippen molar-refractivity contribution >= 4 is 5.69 Å². The van der Waals surface area contributed by atoms with Crippen LogP contribution in [0.5, 0.6) is 5.75 Å². The standard InChI is InChI=1S/C10H11F2NO/c1-14-8-4-2-3-7-9(8)13-6-5-10(7,11)12/h2-4,13H,5-6H2,1H3. The van der Waals surface area contributed by atoms with Crippen molar-refractivity contribution in [1.29, 1.82) is 0 Å². The molecule has 0 amide bonds. The van der Waals surface area contributed by atoms with Gasteiger partial charge in [0, 0.05) is 18.5 Å². The molecule has 0 bridgehead atoms. The second-order valence-electron chi connectivity index (χ2n) is 3.26. The van der Waals surface area contributed by atoms with E-state index in [2.05, 4.69) is 5.32 Å². The number of ether oxygens (including phenoxy) is 1. The molecule has 76 valence electrons. The summed E-state index contributed by atoms with van der Waals surface area (Å²) in [7, 11) is 1.48. The first kappa shape index (κ1) is 9.24. The molecule has 1 aromatic carbocycles. The number of halogens is 2. The molecule has 1 aliphatic rings. The second kappa shape index (κ2) is 3.12. The molecule has 0 saturated carbocycles. The summed E-state index contributed by atoms with van der Waals surface area (Å²) in [5, 5.41) is 2.93. The van der Waals surface area contributed by atoms with Crippen molar-refractivity contribution in [3.63, 3.8) is 0 Å². The van der Waals surface area contributed by atoms with Gasteiger partial charge in [0.25, 0.3) is 5.92 Å². The van der Waals surface area contributed by atoms with Crippen LogP contribution in [0.15, 0.2) is 18.2 Å². The van der Waals surface area contributed by atoms with Gasteiger partial charge < -0.3 is 10.1 Å². The lowest BCUT2D eigenvalue weighted by Gasteiger charge is -2.27. The van der Waals surface area contributed by atoms with Gasteiger partial charge in [-0.3, -0.25) is 0 Å². The van der Waals surface area contributed by atoms with E-state index in [9.17, 15) is 8.78 Å². The highest BCUT2D eigenvalue weighted by atomic mass is 19.3. The minimum absolute atomic E-state index is 0.0306. The predicted molar refractivity (Wildman–Crippen MR) is 50.0 cm³/mol. The van der Waals surface area contributed by atoms with Gasteiger partial charge in [0.15, 0.2) is 0 Å². The summed E-state index contributed by atoms with van der Waals surface area (Å²) in [5.74, 6) is -2.27. The summed E-state index contributed by atoms with van der Waals surface area (Å²) < 4.78 is 31.8. The fourth-order valence-corrected chi connectivity index (χ4v) is 1.67. The lowest BCUT2D eigenvalue weighted by Crippen LogP contribution is -2.26. The molecule has 14 heavy (non-hydrogen) atoms. The summed E-state index contributed by atoms with van der Waals surface area (Å²) in [6, 6.07) is 4.69. The Morgan fingerprint density at radius 3 is 2.93 bits per heavy atom. The second-order valence-corrected chi connectivity index (χ2v) is 3.26. The Hall–Kier alpha value is -1.32. The molecule has 0 fully saturated rings. The quantitative estimate of drug-likeness (QED) is 0.750. The zero-order valence-electron chi connectivity index (χ0n) is 7.81. The molecule has 1 heterocycles. The minimum atomic E-state index is -2.74. The first-order chi connectivity index (χ1) is 6.65. The predicted octanol–water partition coefficient (Wildman–Crippen LogP) is 2.60. The summed E-state index contributed by atoms with van der Waals surface area (Å²) in [5.41, 5.74) is 0.453. The number of rotatable bonds is 1. The Balaban J connectivity index is 2.55. The molecule has 1 N–H and O–H groups in total. The number of fused-ring (bicyclic) bond motifs is 1. The lowest BCUT2D eigenvalue weighted by molar-refractivity contribution is -0.0124. The Kier molecular flexibility index (Phi) is 2.06. The van der Waals surface area contributed by atoms with Crippen LogP contribution in [0.3, 0.4) is 0 Å². The monoisotopic (exact) mass is 199 g/mol. The van der Waals surface area contributed by atoms with Crippen molar-refractivity contribution in [2.75, 3.05) is 19.0 Å². The molecule has 0 unspecified atom stereocenters. The fourth-order valence-electron chi connectivity index (χ4n) is 1.67. The fraction of sp³-hybridized carbons (Fsp3) is 0.400. The Morgan fingerprint density at radius 2 is 2.21 bits per heavy atom. The maximum Gasteiger partial charge on any atom is 0.277 e. The van der Waals surface area contributed by atoms with Crippen LogP contribution >= 0.6 is 0 Å². The van der Waals surface area contributed by atoms with Crippen LogP contribution in [0.1, 0.15) is 12.0 Å². The third-order valence-electron chi connectivity index (χ3n) is 2.38. The van der Waals surface area contributed by atoms with E-state index in [0.29, 0.717) is 11.4 Å². The number of anilines is 1. The van der Waals surface area contributed by atoms with Crippen LogP contribution in [0.2, 0.25) is 0 Å². The van der Waals surface area contributed by atoms with E-state index in [1.165, 1.54) is 13.2 Å². The maximum atomic E-state index is 13.4. The first-order valence-corrected chi connectivity index (χ1v) is 4.44. The number of hydrogen-bond donors (Lipinski definition) is 1. The smallest absolute Gasteiger partial charge is 0.277 e. The SMILES string of the molecule is COc1cccc2c1NCCC2(F)F. The van der Waals surface area contributed by atoms with E-state index in [1.807, 2.05) is 0 Å². The summed E-state index contributed by atoms with van der Waals surface area (Å²) in [4.78, 5) is 0. The van der Waals surface area contributed by atoms with E-state index >= 15 is 0 Å². The minimum Gasteiger partial charge on any atom is -0.495 e. The topological polar surface area (TPSA) is 21.3 Å². The first-order valence-electron chi connectivity index (χ1n) is 4.44. The van der Waals surface area contributed by atoms with E-state index in [1.54, 1.807) is 12.1 Å². The Bertz CT molecular complexity index is 352. The highest BCUT2D eigenvalue weighted by molar-refractivity contribution is 5.64. The largest absolute Gasteiger partial charge is 0.495 e. The zero-order chi connectivity index (χ0) is 10.2. The van der Waals surface area contributed by atoms with Gasteiger partial charge in [-0.05, 0) is 6.07 Å². The number of methoxy groups -OCH3 is 1. The summed E-state index contributed by atoms with van der Waals surface area (Å²) in [6.45, 7) is 0.278. The average Bonchev–Trinajstić information content (AvgIpc) is 2.17. The van der Waals surface area contributed by atoms with E-state index in [-0.39, 0.29) is 18.5 Å². The normalized spacial score (nSPS) is 18.2. The third-order valence-corrected chi connectivity index (χ3v) is 2.38. The van der Waals surface area contributed by atoms with Gasteiger partial charge in [-0.1, -0.05) is 12.1 Å². The number of nitrogens with one attached hydrogen (secondary N) is 1. The molecule has 0 saturated heterocycles. The van der Waals surface area contributed by atoms with E-state index in [0.717, 1.165) is 0 Å². The maximum absolute atomic E-state index is 13.4. The third kappa shape index (κ3) is 1.31. The zero-order valence-corrected chi connectivity index (χ0v) is 7.81. The number of alkyl halides is 2. The summed E-state index contributed by atoms with van der Waals surface area (Å²) in [6.07, 6.45) is -0.160. The molecule has 0 aromatic heterocycles. The molecule has 1 aromatic rings. The van der Waals surface area contributed by atoms with Crippen LogP contribution < -0.4 is 10.1 Å². The molecule has 0 aliphatic carbocycles. The molecule has 4 heteroatoms. The highest BCUT2D eigenvalue weighted by Gasteiger charge is 2.37. The van der Waals surface area contributed by atoms with E-state index < -0.39 is 5.92 Å². The van der Waals surface area contributed by atoms with Crippen LogP contribution in [0.4, 0.5) is 14.5 Å². The van der Waals surface area contributed by atoms with Crippen molar-refractivity contribution in [2.45, 2.75) is 12.3 Å². The van der Waals surface area contributed by atoms with Gasteiger partial charge in [0.2, 0.25) is 0 Å². The molecule has 2 rings (SSSR count). The van der Waals surface area contributed by atoms with Crippen LogP contribution in [-0.4, -0.2) is 13.7 Å². The molecule has 0 spiro atoms. The number of benzene rings is 1. The highest BCUT2D eigenvalue weighted by Crippen LogP contribution is 2.43. The summed E-state index contributed by atoms with van der Waals surface area (Å²) >= 11 is 0. The van der Waals surface area contributed by atoms with Gasteiger partial charge in [-0.2, -0.15) is 0 Å².